The Kier molecular flexibility index (Phi) is 4.43. The number of amides is 1. The first-order valence-corrected chi connectivity index (χ1v) is 10.3. The second-order valence-electron chi connectivity index (χ2n) is 6.53. The van der Waals surface area contributed by atoms with E-state index in [9.17, 15) is 13.2 Å². The number of ether oxygens (including phenoxy) is 2. The fraction of sp³-hybridized carbons (Fsp3) is 0.316. The highest BCUT2D eigenvalue weighted by molar-refractivity contribution is 7.92. The smallest absolute Gasteiger partial charge is 0.262 e. The first kappa shape index (κ1) is 17.7. The third kappa shape index (κ3) is 3.44. The summed E-state index contributed by atoms with van der Waals surface area (Å²) in [4.78, 5) is 13.6. The monoisotopic (exact) mass is 388 g/mol. The summed E-state index contributed by atoms with van der Waals surface area (Å²) < 4.78 is 39.0. The number of aryl methyl sites for hydroxylation is 1. The van der Waals surface area contributed by atoms with Crippen molar-refractivity contribution in [1.82, 2.24) is 0 Å². The lowest BCUT2D eigenvalue weighted by Crippen LogP contribution is -2.33. The van der Waals surface area contributed by atoms with E-state index in [1.165, 1.54) is 19.1 Å². The number of nitrogens with zero attached hydrogens (tertiary/aromatic N) is 1. The highest BCUT2D eigenvalue weighted by atomic mass is 32.2. The molecule has 0 fully saturated rings. The lowest BCUT2D eigenvalue weighted by molar-refractivity contribution is -0.116. The van der Waals surface area contributed by atoms with Crippen LogP contribution in [0.5, 0.6) is 11.5 Å². The van der Waals surface area contributed by atoms with E-state index in [1.54, 1.807) is 29.2 Å². The molecule has 0 spiro atoms. The van der Waals surface area contributed by atoms with Gasteiger partial charge in [0.25, 0.3) is 10.0 Å². The molecule has 0 unspecified atom stereocenters. The summed E-state index contributed by atoms with van der Waals surface area (Å²) in [5.41, 5.74) is 2.27. The lowest BCUT2D eigenvalue weighted by atomic mass is 10.0. The van der Waals surface area contributed by atoms with Crippen LogP contribution >= 0.6 is 0 Å². The van der Waals surface area contributed by atoms with E-state index in [-0.39, 0.29) is 10.8 Å². The molecule has 2 aliphatic heterocycles. The second-order valence-corrected chi connectivity index (χ2v) is 8.21. The predicted octanol–water partition coefficient (Wildman–Crippen LogP) is 2.56. The summed E-state index contributed by atoms with van der Waals surface area (Å²) in [5, 5.41) is 0. The van der Waals surface area contributed by atoms with E-state index in [1.807, 2.05) is 0 Å². The molecule has 7 nitrogen and oxygen atoms in total. The van der Waals surface area contributed by atoms with Gasteiger partial charge in [0.15, 0.2) is 11.5 Å². The van der Waals surface area contributed by atoms with Gasteiger partial charge >= 0.3 is 0 Å². The molecule has 2 aliphatic rings. The molecule has 27 heavy (non-hydrogen) atoms. The fourth-order valence-electron chi connectivity index (χ4n) is 3.39. The van der Waals surface area contributed by atoms with Crippen LogP contribution in [0.3, 0.4) is 0 Å². The third-order valence-electron chi connectivity index (χ3n) is 4.65. The number of fused-ring (bicyclic) bond motifs is 2. The van der Waals surface area contributed by atoms with Crippen molar-refractivity contribution in [3.8, 4) is 11.5 Å². The van der Waals surface area contributed by atoms with Crippen molar-refractivity contribution in [2.45, 2.75) is 24.7 Å². The number of rotatable bonds is 3. The topological polar surface area (TPSA) is 84.9 Å². The maximum absolute atomic E-state index is 12.8. The lowest BCUT2D eigenvalue weighted by Gasteiger charge is -2.29. The predicted molar refractivity (Wildman–Crippen MR) is 101 cm³/mol. The van der Waals surface area contributed by atoms with Crippen LogP contribution in [0.4, 0.5) is 11.4 Å². The van der Waals surface area contributed by atoms with Crippen LogP contribution in [0.1, 0.15) is 18.9 Å². The second kappa shape index (κ2) is 6.77. The van der Waals surface area contributed by atoms with Gasteiger partial charge < -0.3 is 14.4 Å². The minimum absolute atomic E-state index is 0.0134. The molecule has 0 saturated heterocycles. The van der Waals surface area contributed by atoms with E-state index in [4.69, 9.17) is 9.47 Å². The summed E-state index contributed by atoms with van der Waals surface area (Å²) in [6.07, 6.45) is 1.66. The molecule has 2 heterocycles. The highest BCUT2D eigenvalue weighted by Crippen LogP contribution is 2.34. The molecule has 142 valence electrons. The maximum atomic E-state index is 12.8. The van der Waals surface area contributed by atoms with Crippen molar-refractivity contribution in [3.05, 3.63) is 42.0 Å². The van der Waals surface area contributed by atoms with Crippen molar-refractivity contribution in [1.29, 1.82) is 0 Å². The van der Waals surface area contributed by atoms with E-state index in [0.29, 0.717) is 36.9 Å². The van der Waals surface area contributed by atoms with E-state index < -0.39 is 10.0 Å². The standard InChI is InChI=1S/C19H20N2O5S/c1-13(22)21-8-2-3-14-11-15(4-6-17(14)21)20-27(23,24)16-5-7-18-19(12-16)26-10-9-25-18/h4-7,11-12,20H,2-3,8-10H2,1H3. The van der Waals surface area contributed by atoms with Crippen molar-refractivity contribution in [3.63, 3.8) is 0 Å². The molecule has 8 heteroatoms. The molecule has 0 radical (unpaired) electrons. The van der Waals surface area contributed by atoms with Gasteiger partial charge in [0, 0.05) is 30.9 Å². The molecule has 2 aromatic rings. The number of hydrogen-bond donors (Lipinski definition) is 1. The molecule has 0 atom stereocenters. The van der Waals surface area contributed by atoms with Gasteiger partial charge in [0.05, 0.1) is 4.90 Å². The SMILES string of the molecule is CC(=O)N1CCCc2cc(NS(=O)(=O)c3ccc4c(c3)OCCO4)ccc21. The number of carbonyl (C=O) groups is 1. The normalized spacial score (nSPS) is 15.8. The van der Waals surface area contributed by atoms with Gasteiger partial charge in [-0.25, -0.2) is 8.42 Å². The summed E-state index contributed by atoms with van der Waals surface area (Å²) in [6.45, 7) is 3.06. The van der Waals surface area contributed by atoms with Gasteiger partial charge in [0.1, 0.15) is 13.2 Å². The zero-order valence-electron chi connectivity index (χ0n) is 14.9. The Hall–Kier alpha value is -2.74. The molecular weight excluding hydrogens is 368 g/mol. The van der Waals surface area contributed by atoms with Gasteiger partial charge in [-0.15, -0.1) is 0 Å². The maximum Gasteiger partial charge on any atom is 0.262 e. The van der Waals surface area contributed by atoms with Crippen LogP contribution in [-0.2, 0) is 21.2 Å². The van der Waals surface area contributed by atoms with Crippen LogP contribution < -0.4 is 19.1 Å². The van der Waals surface area contributed by atoms with Crippen molar-refractivity contribution < 1.29 is 22.7 Å². The Balaban J connectivity index is 1.61. The average molecular weight is 388 g/mol. The number of nitrogens with one attached hydrogen (secondary N) is 1. The molecular formula is C19H20N2O5S. The summed E-state index contributed by atoms with van der Waals surface area (Å²) >= 11 is 0. The number of benzene rings is 2. The summed E-state index contributed by atoms with van der Waals surface area (Å²) in [7, 11) is -3.77. The molecule has 4 rings (SSSR count). The molecule has 0 saturated carbocycles. The van der Waals surface area contributed by atoms with Crippen LogP contribution in [0, 0.1) is 0 Å². The number of carbonyl (C=O) groups excluding carboxylic acids is 1. The zero-order valence-corrected chi connectivity index (χ0v) is 15.7. The van der Waals surface area contributed by atoms with Crippen LogP contribution in [0.15, 0.2) is 41.3 Å². The molecule has 2 aromatic carbocycles. The van der Waals surface area contributed by atoms with Crippen molar-refractivity contribution >= 4 is 27.3 Å². The van der Waals surface area contributed by atoms with E-state index in [2.05, 4.69) is 4.72 Å². The molecule has 1 amide bonds. The van der Waals surface area contributed by atoms with E-state index in [0.717, 1.165) is 24.1 Å². The zero-order chi connectivity index (χ0) is 19.0. The van der Waals surface area contributed by atoms with Crippen molar-refractivity contribution in [2.75, 3.05) is 29.4 Å². The van der Waals surface area contributed by atoms with Crippen LogP contribution in [-0.4, -0.2) is 34.1 Å². The third-order valence-corrected chi connectivity index (χ3v) is 6.03. The number of anilines is 2. The Morgan fingerprint density at radius 3 is 2.63 bits per heavy atom. The fourth-order valence-corrected chi connectivity index (χ4v) is 4.46. The molecule has 0 aromatic heterocycles. The van der Waals surface area contributed by atoms with Gasteiger partial charge in [0.2, 0.25) is 5.91 Å². The number of sulfonamides is 1. The Bertz CT molecular complexity index is 1000. The molecule has 0 aliphatic carbocycles. The first-order chi connectivity index (χ1) is 12.9. The Morgan fingerprint density at radius 1 is 1.07 bits per heavy atom. The van der Waals surface area contributed by atoms with Crippen LogP contribution in [0.25, 0.3) is 0 Å². The largest absolute Gasteiger partial charge is 0.486 e. The Labute approximate surface area is 157 Å². The molecule has 0 bridgehead atoms. The molecule has 1 N–H and O–H groups in total. The highest BCUT2D eigenvalue weighted by Gasteiger charge is 2.22. The quantitative estimate of drug-likeness (QED) is 0.874. The van der Waals surface area contributed by atoms with E-state index >= 15 is 0 Å². The average Bonchev–Trinajstić information content (AvgIpc) is 2.66. The van der Waals surface area contributed by atoms with Crippen LogP contribution in [0.2, 0.25) is 0 Å². The summed E-state index contributed by atoms with van der Waals surface area (Å²) in [5.74, 6) is 0.950. The van der Waals surface area contributed by atoms with Gasteiger partial charge in [-0.1, -0.05) is 0 Å². The van der Waals surface area contributed by atoms with Crippen molar-refractivity contribution in [2.24, 2.45) is 0 Å². The minimum Gasteiger partial charge on any atom is -0.486 e. The van der Waals surface area contributed by atoms with Gasteiger partial charge in [-0.3, -0.25) is 9.52 Å². The Morgan fingerprint density at radius 2 is 1.85 bits per heavy atom. The van der Waals surface area contributed by atoms with Gasteiger partial charge in [-0.2, -0.15) is 0 Å². The van der Waals surface area contributed by atoms with Gasteiger partial charge in [-0.05, 0) is 48.7 Å². The number of hydrogen-bond acceptors (Lipinski definition) is 5. The first-order valence-electron chi connectivity index (χ1n) is 8.77. The minimum atomic E-state index is -3.77. The summed E-state index contributed by atoms with van der Waals surface area (Å²) in [6, 6.07) is 9.81.